The van der Waals surface area contributed by atoms with Crippen molar-refractivity contribution in [1.29, 1.82) is 0 Å². The molecule has 0 spiro atoms. The zero-order valence-corrected chi connectivity index (χ0v) is 8.68. The van der Waals surface area contributed by atoms with Crippen LogP contribution in [-0.2, 0) is 9.84 Å². The maximum absolute atomic E-state index is 11.3. The number of hydrogen-bond donors (Lipinski definition) is 0. The first-order valence-electron chi connectivity index (χ1n) is 3.71. The van der Waals surface area contributed by atoms with E-state index in [4.69, 9.17) is 0 Å². The fourth-order valence-electron chi connectivity index (χ4n) is 0.961. The molecule has 0 N–H and O–H groups in total. The first kappa shape index (κ1) is 9.29. The predicted molar refractivity (Wildman–Crippen MR) is 54.8 cm³/mol. The fraction of sp³-hybridized carbons (Fsp3) is 0. The molecule has 0 fully saturated rings. The minimum absolute atomic E-state index is 0.196. The molecule has 4 nitrogen and oxygen atoms in total. The zero-order valence-electron chi connectivity index (χ0n) is 7.04. The molecular formula is C8H6N2O2S2. The van der Waals surface area contributed by atoms with Crippen LogP contribution in [0.15, 0.2) is 34.8 Å². The van der Waals surface area contributed by atoms with E-state index in [1.54, 1.807) is 6.07 Å². The molecule has 0 unspecified atom stereocenters. The van der Waals surface area contributed by atoms with E-state index in [1.807, 2.05) is 5.38 Å². The van der Waals surface area contributed by atoms with E-state index in [0.717, 1.165) is 10.1 Å². The lowest BCUT2D eigenvalue weighted by atomic mass is 10.5. The summed E-state index contributed by atoms with van der Waals surface area (Å²) >= 11 is 1.47. The second-order valence-corrected chi connectivity index (χ2v) is 5.27. The van der Waals surface area contributed by atoms with Gasteiger partial charge in [-0.25, -0.2) is 18.4 Å². The van der Waals surface area contributed by atoms with E-state index in [0.29, 0.717) is 5.52 Å². The number of hydrogen-bond acceptors (Lipinski definition) is 5. The summed E-state index contributed by atoms with van der Waals surface area (Å²) < 4.78 is 23.5. The molecule has 0 radical (unpaired) electrons. The maximum Gasteiger partial charge on any atom is 0.251 e. The summed E-state index contributed by atoms with van der Waals surface area (Å²) in [5, 5.41) is 2.49. The molecule has 2 heterocycles. The van der Waals surface area contributed by atoms with Gasteiger partial charge >= 0.3 is 0 Å². The highest BCUT2D eigenvalue weighted by atomic mass is 32.2. The predicted octanol–water partition coefficient (Wildman–Crippen LogP) is 1.61. The van der Waals surface area contributed by atoms with Crippen molar-refractivity contribution in [3.8, 4) is 0 Å². The Labute approximate surface area is 84.9 Å². The van der Waals surface area contributed by atoms with Crippen molar-refractivity contribution < 1.29 is 8.42 Å². The van der Waals surface area contributed by atoms with Gasteiger partial charge < -0.3 is 0 Å². The van der Waals surface area contributed by atoms with Gasteiger partial charge in [0.1, 0.15) is 0 Å². The Hall–Kier alpha value is -1.27. The van der Waals surface area contributed by atoms with Crippen LogP contribution in [-0.4, -0.2) is 18.4 Å². The highest BCUT2D eigenvalue weighted by Gasteiger charge is 2.13. The van der Waals surface area contributed by atoms with Crippen LogP contribution in [0.5, 0.6) is 0 Å². The Bertz CT molecular complexity index is 586. The summed E-state index contributed by atoms with van der Waals surface area (Å²) in [4.78, 5) is 7.68. The molecule has 0 aromatic carbocycles. The molecule has 0 aliphatic heterocycles. The van der Waals surface area contributed by atoms with Crippen LogP contribution in [0.1, 0.15) is 0 Å². The topological polar surface area (TPSA) is 59.9 Å². The van der Waals surface area contributed by atoms with Gasteiger partial charge in [0.2, 0.25) is 9.84 Å². The molecule has 14 heavy (non-hydrogen) atoms. The van der Waals surface area contributed by atoms with Gasteiger partial charge in [0, 0.05) is 11.6 Å². The molecule has 2 rings (SSSR count). The van der Waals surface area contributed by atoms with Crippen LogP contribution in [0.3, 0.4) is 0 Å². The first-order chi connectivity index (χ1) is 6.63. The standard InChI is InChI=1S/C8H6N2O2S2/c1-2-14(11,12)8-9-5-7-6(10-8)3-4-13-7/h2-5H,1H2. The molecule has 0 amide bonds. The zero-order chi connectivity index (χ0) is 10.2. The molecule has 0 atom stereocenters. The summed E-state index contributed by atoms with van der Waals surface area (Å²) in [7, 11) is -3.52. The van der Waals surface area contributed by atoms with E-state index >= 15 is 0 Å². The van der Waals surface area contributed by atoms with Crippen LogP contribution in [0, 0.1) is 0 Å². The Morgan fingerprint density at radius 2 is 2.29 bits per heavy atom. The largest absolute Gasteiger partial charge is 0.251 e. The summed E-state index contributed by atoms with van der Waals surface area (Å²) in [6, 6.07) is 1.75. The Morgan fingerprint density at radius 1 is 1.50 bits per heavy atom. The summed E-state index contributed by atoms with van der Waals surface area (Å²) in [6.07, 6.45) is 1.50. The van der Waals surface area contributed by atoms with E-state index in [2.05, 4.69) is 16.5 Å². The molecule has 2 aromatic rings. The highest BCUT2D eigenvalue weighted by Crippen LogP contribution is 2.18. The Morgan fingerprint density at radius 3 is 3.00 bits per heavy atom. The average molecular weight is 226 g/mol. The van der Waals surface area contributed by atoms with Gasteiger partial charge in [-0.1, -0.05) is 6.58 Å². The van der Waals surface area contributed by atoms with Crippen molar-refractivity contribution >= 4 is 31.4 Å². The second kappa shape index (κ2) is 3.14. The van der Waals surface area contributed by atoms with E-state index in [9.17, 15) is 8.42 Å². The van der Waals surface area contributed by atoms with Crippen molar-refractivity contribution in [2.24, 2.45) is 0 Å². The van der Waals surface area contributed by atoms with Gasteiger partial charge in [0.15, 0.2) is 0 Å². The number of sulfone groups is 1. The number of aromatic nitrogens is 2. The molecule has 6 heteroatoms. The lowest BCUT2D eigenvalue weighted by molar-refractivity contribution is 0.597. The number of thiophene rings is 1. The van der Waals surface area contributed by atoms with Gasteiger partial charge in [0.25, 0.3) is 5.16 Å². The van der Waals surface area contributed by atoms with Gasteiger partial charge in [0.05, 0.1) is 10.2 Å². The Kier molecular flexibility index (Phi) is 2.09. The second-order valence-electron chi connectivity index (χ2n) is 2.53. The van der Waals surface area contributed by atoms with Gasteiger partial charge in [-0.2, -0.15) is 0 Å². The van der Waals surface area contributed by atoms with E-state index < -0.39 is 9.84 Å². The van der Waals surface area contributed by atoms with Crippen LogP contribution in [0.2, 0.25) is 0 Å². The van der Waals surface area contributed by atoms with Gasteiger partial charge in [-0.3, -0.25) is 0 Å². The SMILES string of the molecule is C=CS(=O)(=O)c1ncc2sccc2n1. The van der Waals surface area contributed by atoms with Crippen LogP contribution < -0.4 is 0 Å². The molecular weight excluding hydrogens is 220 g/mol. The monoisotopic (exact) mass is 226 g/mol. The molecule has 72 valence electrons. The van der Waals surface area contributed by atoms with E-state index in [1.165, 1.54) is 17.5 Å². The molecule has 0 aliphatic carbocycles. The van der Waals surface area contributed by atoms with E-state index in [-0.39, 0.29) is 5.16 Å². The third-order valence-electron chi connectivity index (χ3n) is 1.66. The number of fused-ring (bicyclic) bond motifs is 1. The van der Waals surface area contributed by atoms with Crippen molar-refractivity contribution in [3.05, 3.63) is 29.6 Å². The third kappa shape index (κ3) is 1.42. The average Bonchev–Trinajstić information content (AvgIpc) is 2.64. The minimum atomic E-state index is -3.52. The lowest BCUT2D eigenvalue weighted by Crippen LogP contribution is -2.01. The number of rotatable bonds is 2. The van der Waals surface area contributed by atoms with Crippen LogP contribution in [0.4, 0.5) is 0 Å². The van der Waals surface area contributed by atoms with Crippen molar-refractivity contribution in [3.63, 3.8) is 0 Å². The van der Waals surface area contributed by atoms with Crippen molar-refractivity contribution in [2.45, 2.75) is 5.16 Å². The van der Waals surface area contributed by atoms with Crippen LogP contribution in [0.25, 0.3) is 10.2 Å². The maximum atomic E-state index is 11.3. The quantitative estimate of drug-likeness (QED) is 0.730. The molecule has 0 aliphatic rings. The normalized spacial score (nSPS) is 11.7. The van der Waals surface area contributed by atoms with Crippen LogP contribution >= 0.6 is 11.3 Å². The van der Waals surface area contributed by atoms with Crippen molar-refractivity contribution in [2.75, 3.05) is 0 Å². The summed E-state index contributed by atoms with van der Waals surface area (Å²) in [6.45, 7) is 3.21. The summed E-state index contributed by atoms with van der Waals surface area (Å²) in [5.74, 6) is 0. The van der Waals surface area contributed by atoms with Crippen molar-refractivity contribution in [1.82, 2.24) is 9.97 Å². The summed E-state index contributed by atoms with van der Waals surface area (Å²) in [5.41, 5.74) is 0.644. The lowest BCUT2D eigenvalue weighted by Gasteiger charge is -1.95. The fourth-order valence-corrected chi connectivity index (χ4v) is 2.23. The Balaban J connectivity index is 2.71. The molecule has 0 saturated heterocycles. The van der Waals surface area contributed by atoms with Gasteiger partial charge in [-0.15, -0.1) is 11.3 Å². The molecule has 2 aromatic heterocycles. The molecule has 0 saturated carbocycles. The highest BCUT2D eigenvalue weighted by molar-refractivity contribution is 7.94. The molecule has 0 bridgehead atoms. The minimum Gasteiger partial charge on any atom is -0.225 e. The smallest absolute Gasteiger partial charge is 0.225 e. The first-order valence-corrected chi connectivity index (χ1v) is 6.14. The van der Waals surface area contributed by atoms with Gasteiger partial charge in [-0.05, 0) is 11.4 Å². The number of nitrogens with zero attached hydrogens (tertiary/aromatic N) is 2. The third-order valence-corrected chi connectivity index (χ3v) is 3.64.